The first kappa shape index (κ1) is 20.2. The van der Waals surface area contributed by atoms with Gasteiger partial charge in [0.1, 0.15) is 6.61 Å². The number of rotatable bonds is 9. The maximum atomic E-state index is 5.72. The molecule has 0 bridgehead atoms. The van der Waals surface area contributed by atoms with E-state index in [0.29, 0.717) is 43.2 Å². The van der Waals surface area contributed by atoms with Gasteiger partial charge in [-0.25, -0.2) is 4.98 Å². The quantitative estimate of drug-likeness (QED) is 0.272. The summed E-state index contributed by atoms with van der Waals surface area (Å²) < 4.78 is 10.6. The number of nitrogens with two attached hydrogens (primary N) is 1. The smallest absolute Gasteiger partial charge is 0.213 e. The second-order valence-corrected chi connectivity index (χ2v) is 4.34. The minimum absolute atomic E-state index is 0. The van der Waals surface area contributed by atoms with Crippen LogP contribution in [-0.4, -0.2) is 43.9 Å². The maximum absolute atomic E-state index is 5.72. The fourth-order valence-electron chi connectivity index (χ4n) is 1.35. The molecule has 6 nitrogen and oxygen atoms in total. The fourth-order valence-corrected chi connectivity index (χ4v) is 1.46. The third-order valence-electron chi connectivity index (χ3n) is 2.29. The monoisotopic (exact) mass is 428 g/mol. The molecule has 0 aliphatic heterocycles. The number of aromatic nitrogens is 1. The molecule has 0 amide bonds. The number of hydrogen-bond donors (Lipinski definition) is 2. The summed E-state index contributed by atoms with van der Waals surface area (Å²) in [4.78, 5) is 8.18. The standard InChI is InChI=1S/C13H21ClN4O2.HI/c1-2-19-8-3-6-16-13(15)17-7-9-20-12-5-4-11(14)10-18-12;/h4-5,10H,2-3,6-9H2,1H3,(H3,15,16,17);1H. The van der Waals surface area contributed by atoms with Gasteiger partial charge >= 0.3 is 0 Å². The predicted octanol–water partition coefficient (Wildman–Crippen LogP) is 2.06. The Hall–Kier alpha value is -0.800. The Kier molecular flexibility index (Phi) is 12.4. The van der Waals surface area contributed by atoms with Crippen molar-refractivity contribution in [2.24, 2.45) is 10.7 Å². The van der Waals surface area contributed by atoms with E-state index in [-0.39, 0.29) is 24.0 Å². The summed E-state index contributed by atoms with van der Waals surface area (Å²) in [6.07, 6.45) is 2.40. The van der Waals surface area contributed by atoms with Gasteiger partial charge < -0.3 is 20.5 Å². The highest BCUT2D eigenvalue weighted by Gasteiger charge is 1.96. The first-order chi connectivity index (χ1) is 9.72. The van der Waals surface area contributed by atoms with Gasteiger partial charge in [-0.15, -0.1) is 24.0 Å². The maximum Gasteiger partial charge on any atom is 0.213 e. The average Bonchev–Trinajstić information content (AvgIpc) is 2.45. The molecule has 0 spiro atoms. The van der Waals surface area contributed by atoms with Crippen LogP contribution in [0.25, 0.3) is 0 Å². The number of hydrogen-bond acceptors (Lipinski definition) is 4. The Labute approximate surface area is 147 Å². The molecule has 0 saturated carbocycles. The topological polar surface area (TPSA) is 81.8 Å². The molecule has 0 atom stereocenters. The summed E-state index contributed by atoms with van der Waals surface area (Å²) in [5.74, 6) is 0.942. The zero-order chi connectivity index (χ0) is 14.6. The van der Waals surface area contributed by atoms with Crippen LogP contribution in [0.5, 0.6) is 5.88 Å². The number of guanidine groups is 1. The fraction of sp³-hybridized carbons (Fsp3) is 0.538. The normalized spacial score (nSPS) is 10.9. The Morgan fingerprint density at radius 1 is 1.43 bits per heavy atom. The van der Waals surface area contributed by atoms with Gasteiger partial charge in [0.25, 0.3) is 0 Å². The van der Waals surface area contributed by atoms with Gasteiger partial charge in [0.15, 0.2) is 5.96 Å². The summed E-state index contributed by atoms with van der Waals surface area (Å²) in [5, 5.41) is 3.55. The van der Waals surface area contributed by atoms with Crippen molar-refractivity contribution in [1.82, 2.24) is 10.3 Å². The minimum Gasteiger partial charge on any atom is -0.476 e. The molecule has 1 aromatic heterocycles. The van der Waals surface area contributed by atoms with Crippen LogP contribution >= 0.6 is 35.6 Å². The van der Waals surface area contributed by atoms with Gasteiger partial charge in [-0.05, 0) is 19.4 Å². The van der Waals surface area contributed by atoms with Crippen LogP contribution in [-0.2, 0) is 4.74 Å². The molecule has 21 heavy (non-hydrogen) atoms. The molecule has 0 radical (unpaired) electrons. The van der Waals surface area contributed by atoms with Gasteiger partial charge in [-0.2, -0.15) is 0 Å². The van der Waals surface area contributed by atoms with Gasteiger partial charge in [0, 0.05) is 32.0 Å². The van der Waals surface area contributed by atoms with Gasteiger partial charge in [-0.3, -0.25) is 4.99 Å². The Morgan fingerprint density at radius 2 is 2.24 bits per heavy atom. The first-order valence-electron chi connectivity index (χ1n) is 6.58. The number of nitrogens with zero attached hydrogens (tertiary/aromatic N) is 2. The van der Waals surface area contributed by atoms with Crippen LogP contribution in [0.1, 0.15) is 13.3 Å². The molecule has 120 valence electrons. The van der Waals surface area contributed by atoms with Crippen LogP contribution < -0.4 is 15.8 Å². The molecular weight excluding hydrogens is 407 g/mol. The third kappa shape index (κ3) is 10.6. The van der Waals surface area contributed by atoms with Gasteiger partial charge in [0.2, 0.25) is 5.88 Å². The van der Waals surface area contributed by atoms with E-state index in [2.05, 4.69) is 15.3 Å². The lowest BCUT2D eigenvalue weighted by atomic mass is 10.4. The summed E-state index contributed by atoms with van der Waals surface area (Å²) in [7, 11) is 0. The van der Waals surface area contributed by atoms with Crippen LogP contribution in [0.15, 0.2) is 23.3 Å². The number of halogens is 2. The van der Waals surface area contributed by atoms with Crippen molar-refractivity contribution < 1.29 is 9.47 Å². The van der Waals surface area contributed by atoms with Crippen molar-refractivity contribution in [3.63, 3.8) is 0 Å². The molecule has 0 saturated heterocycles. The Balaban J connectivity index is 0.00000400. The number of nitrogens with one attached hydrogen (secondary N) is 1. The van der Waals surface area contributed by atoms with Crippen molar-refractivity contribution in [3.05, 3.63) is 23.4 Å². The molecule has 1 aromatic rings. The molecule has 0 aromatic carbocycles. The molecule has 3 N–H and O–H groups in total. The molecule has 1 heterocycles. The number of pyridine rings is 1. The van der Waals surface area contributed by atoms with E-state index >= 15 is 0 Å². The van der Waals surface area contributed by atoms with E-state index in [1.165, 1.54) is 0 Å². The van der Waals surface area contributed by atoms with Crippen molar-refractivity contribution in [1.29, 1.82) is 0 Å². The van der Waals surface area contributed by atoms with E-state index < -0.39 is 0 Å². The van der Waals surface area contributed by atoms with Crippen LogP contribution in [0, 0.1) is 0 Å². The summed E-state index contributed by atoms with van der Waals surface area (Å²) in [6.45, 7) is 5.06. The summed E-state index contributed by atoms with van der Waals surface area (Å²) >= 11 is 5.72. The number of ether oxygens (including phenoxy) is 2. The molecule has 0 unspecified atom stereocenters. The molecular formula is C13H22ClIN4O2. The second kappa shape index (κ2) is 12.9. The minimum atomic E-state index is 0. The van der Waals surface area contributed by atoms with E-state index in [4.69, 9.17) is 26.8 Å². The van der Waals surface area contributed by atoms with E-state index in [1.807, 2.05) is 6.92 Å². The largest absolute Gasteiger partial charge is 0.476 e. The average molecular weight is 429 g/mol. The van der Waals surface area contributed by atoms with E-state index in [9.17, 15) is 0 Å². The highest BCUT2D eigenvalue weighted by atomic mass is 127. The zero-order valence-electron chi connectivity index (χ0n) is 12.0. The van der Waals surface area contributed by atoms with E-state index in [0.717, 1.165) is 13.0 Å². The lowest BCUT2D eigenvalue weighted by Crippen LogP contribution is -2.35. The first-order valence-corrected chi connectivity index (χ1v) is 6.96. The SMILES string of the molecule is CCOCCCN=C(N)NCCOc1ccc(Cl)cn1.I. The van der Waals surface area contributed by atoms with Crippen molar-refractivity contribution in [3.8, 4) is 5.88 Å². The lowest BCUT2D eigenvalue weighted by molar-refractivity contribution is 0.146. The van der Waals surface area contributed by atoms with Crippen LogP contribution in [0.3, 0.4) is 0 Å². The predicted molar refractivity (Wildman–Crippen MR) is 95.8 cm³/mol. The van der Waals surface area contributed by atoms with Crippen molar-refractivity contribution >= 4 is 41.5 Å². The second-order valence-electron chi connectivity index (χ2n) is 3.91. The van der Waals surface area contributed by atoms with Gasteiger partial charge in [-0.1, -0.05) is 11.6 Å². The lowest BCUT2D eigenvalue weighted by Gasteiger charge is -2.07. The molecule has 0 fully saturated rings. The highest BCUT2D eigenvalue weighted by molar-refractivity contribution is 14.0. The summed E-state index contributed by atoms with van der Waals surface area (Å²) in [6, 6.07) is 3.44. The molecule has 0 aliphatic carbocycles. The van der Waals surface area contributed by atoms with Crippen molar-refractivity contribution in [2.45, 2.75) is 13.3 Å². The van der Waals surface area contributed by atoms with Crippen molar-refractivity contribution in [2.75, 3.05) is 32.9 Å². The van der Waals surface area contributed by atoms with Crippen LogP contribution in [0.4, 0.5) is 0 Å². The number of aliphatic imine (C=N–C) groups is 1. The third-order valence-corrected chi connectivity index (χ3v) is 2.52. The molecule has 0 aliphatic rings. The molecule has 8 heteroatoms. The Morgan fingerprint density at radius 3 is 2.90 bits per heavy atom. The zero-order valence-corrected chi connectivity index (χ0v) is 15.1. The summed E-state index contributed by atoms with van der Waals surface area (Å²) in [5.41, 5.74) is 5.70. The molecule has 1 rings (SSSR count). The Bertz CT molecular complexity index is 404. The van der Waals surface area contributed by atoms with E-state index in [1.54, 1.807) is 18.3 Å². The van der Waals surface area contributed by atoms with Gasteiger partial charge in [0.05, 0.1) is 11.6 Å². The highest BCUT2D eigenvalue weighted by Crippen LogP contribution is 2.10. The van der Waals surface area contributed by atoms with Crippen LogP contribution in [0.2, 0.25) is 5.02 Å².